The molecule has 3 aromatic rings. The Labute approximate surface area is 194 Å². The highest BCUT2D eigenvalue weighted by molar-refractivity contribution is 7.92. The number of nitrogens with one attached hydrogen (secondary N) is 3. The van der Waals surface area contributed by atoms with Crippen molar-refractivity contribution in [2.45, 2.75) is 4.90 Å². The molecule has 3 aromatic carbocycles. The van der Waals surface area contributed by atoms with Crippen LogP contribution in [0.3, 0.4) is 0 Å². The lowest BCUT2D eigenvalue weighted by Gasteiger charge is -2.13. The Hall–Kier alpha value is -3.27. The van der Waals surface area contributed by atoms with Gasteiger partial charge in [-0.2, -0.15) is 0 Å². The fraction of sp³-hybridized carbons (Fsp3) is 0.0476. The molecule has 0 bridgehead atoms. The lowest BCUT2D eigenvalue weighted by Crippen LogP contribution is -2.41. The summed E-state index contributed by atoms with van der Waals surface area (Å²) in [5, 5.41) is 0.225. The molecular weight excluding hydrogens is 477 g/mol. The van der Waals surface area contributed by atoms with E-state index >= 15 is 0 Å². The summed E-state index contributed by atoms with van der Waals surface area (Å²) in [5.74, 6) is -1.08. The van der Waals surface area contributed by atoms with Crippen LogP contribution in [0.1, 0.15) is 20.7 Å². The minimum atomic E-state index is -4.02. The molecule has 0 saturated heterocycles. The Bertz CT molecular complexity index is 1280. The van der Waals surface area contributed by atoms with Gasteiger partial charge in [0, 0.05) is 5.56 Å². The number of amides is 2. The van der Waals surface area contributed by atoms with Crippen molar-refractivity contribution >= 4 is 50.7 Å². The number of para-hydroxylation sites is 2. The molecule has 0 aliphatic carbocycles. The average Bonchev–Trinajstić information content (AvgIpc) is 2.79. The van der Waals surface area contributed by atoms with E-state index in [0.29, 0.717) is 5.75 Å². The number of rotatable bonds is 6. The third kappa shape index (κ3) is 5.31. The monoisotopic (exact) mass is 493 g/mol. The fourth-order valence-corrected chi connectivity index (χ4v) is 4.17. The summed E-state index contributed by atoms with van der Waals surface area (Å²) in [6.45, 7) is 0. The van der Waals surface area contributed by atoms with Crippen LogP contribution in [-0.4, -0.2) is 27.3 Å². The second-order valence-corrected chi connectivity index (χ2v) is 8.81. The molecule has 0 spiro atoms. The summed E-state index contributed by atoms with van der Waals surface area (Å²) in [4.78, 5) is 24.6. The summed E-state index contributed by atoms with van der Waals surface area (Å²) >= 11 is 11.9. The molecule has 0 aromatic heterocycles. The van der Waals surface area contributed by atoms with Gasteiger partial charge in [0.05, 0.1) is 33.3 Å². The average molecular weight is 494 g/mol. The summed E-state index contributed by atoms with van der Waals surface area (Å²) in [6.07, 6.45) is 0. The smallest absolute Gasteiger partial charge is 0.271 e. The highest BCUT2D eigenvalue weighted by atomic mass is 35.5. The summed E-state index contributed by atoms with van der Waals surface area (Å²) in [5.41, 5.74) is 4.75. The molecule has 0 aliphatic rings. The molecule has 0 saturated carbocycles. The van der Waals surface area contributed by atoms with E-state index in [1.54, 1.807) is 24.3 Å². The molecule has 32 heavy (non-hydrogen) atoms. The molecule has 3 rings (SSSR count). The fourth-order valence-electron chi connectivity index (χ4n) is 2.67. The van der Waals surface area contributed by atoms with Gasteiger partial charge in [-0.1, -0.05) is 47.5 Å². The van der Waals surface area contributed by atoms with E-state index in [0.717, 1.165) is 0 Å². The Kier molecular flexibility index (Phi) is 7.24. The minimum absolute atomic E-state index is 0.00499. The van der Waals surface area contributed by atoms with E-state index in [2.05, 4.69) is 15.6 Å². The van der Waals surface area contributed by atoms with E-state index in [1.165, 1.54) is 49.6 Å². The van der Waals surface area contributed by atoms with E-state index < -0.39 is 21.8 Å². The SMILES string of the molecule is COc1ccccc1NS(=O)(=O)c1cccc(C(=O)NNC(=O)c2cccc(Cl)c2Cl)c1. The molecule has 8 nitrogen and oxygen atoms in total. The summed E-state index contributed by atoms with van der Waals surface area (Å²) < 4.78 is 33.1. The van der Waals surface area contributed by atoms with Crippen LogP contribution in [0.4, 0.5) is 5.69 Å². The zero-order valence-corrected chi connectivity index (χ0v) is 18.9. The van der Waals surface area contributed by atoms with Gasteiger partial charge in [0.15, 0.2) is 0 Å². The van der Waals surface area contributed by atoms with Gasteiger partial charge in [-0.25, -0.2) is 8.42 Å². The van der Waals surface area contributed by atoms with Gasteiger partial charge < -0.3 is 4.74 Å². The molecule has 11 heteroatoms. The number of methoxy groups -OCH3 is 1. The Morgan fingerprint density at radius 3 is 2.31 bits per heavy atom. The van der Waals surface area contributed by atoms with Crippen LogP contribution in [-0.2, 0) is 10.0 Å². The second kappa shape index (κ2) is 9.90. The number of hydrogen-bond acceptors (Lipinski definition) is 5. The van der Waals surface area contributed by atoms with Gasteiger partial charge in [-0.3, -0.25) is 25.2 Å². The molecule has 0 heterocycles. The van der Waals surface area contributed by atoms with E-state index in [4.69, 9.17) is 27.9 Å². The Morgan fingerprint density at radius 1 is 0.875 bits per heavy atom. The third-order valence-corrected chi connectivity index (χ3v) is 6.43. The largest absolute Gasteiger partial charge is 0.495 e. The standard InChI is InChI=1S/C21H17Cl2N3O5S/c1-31-18-11-3-2-10-17(18)26-32(29,30)14-7-4-6-13(12-14)20(27)24-25-21(28)15-8-5-9-16(22)19(15)23/h2-12,26H,1H3,(H,24,27)(H,25,28). The van der Waals surface area contributed by atoms with Gasteiger partial charge in [-0.15, -0.1) is 0 Å². The van der Waals surface area contributed by atoms with Crippen LogP contribution in [0.25, 0.3) is 0 Å². The number of halogens is 2. The number of benzene rings is 3. The predicted molar refractivity (Wildman–Crippen MR) is 122 cm³/mol. The zero-order chi connectivity index (χ0) is 23.3. The molecule has 0 radical (unpaired) electrons. The molecule has 0 atom stereocenters. The van der Waals surface area contributed by atoms with Gasteiger partial charge >= 0.3 is 0 Å². The summed E-state index contributed by atoms with van der Waals surface area (Å²) in [7, 11) is -2.60. The molecular formula is C21H17Cl2N3O5S. The van der Waals surface area contributed by atoms with E-state index in [9.17, 15) is 18.0 Å². The first-order chi connectivity index (χ1) is 15.2. The molecule has 2 amide bonds. The van der Waals surface area contributed by atoms with Gasteiger partial charge in [0.25, 0.3) is 21.8 Å². The second-order valence-electron chi connectivity index (χ2n) is 6.34. The Balaban J connectivity index is 1.74. The topological polar surface area (TPSA) is 114 Å². The lowest BCUT2D eigenvalue weighted by atomic mass is 10.2. The molecule has 0 aliphatic heterocycles. The maximum Gasteiger partial charge on any atom is 0.271 e. The number of hydrogen-bond donors (Lipinski definition) is 3. The first-order valence-electron chi connectivity index (χ1n) is 9.03. The van der Waals surface area contributed by atoms with Crippen LogP contribution < -0.4 is 20.3 Å². The van der Waals surface area contributed by atoms with Crippen molar-refractivity contribution in [1.82, 2.24) is 10.9 Å². The van der Waals surface area contributed by atoms with Crippen LogP contribution in [0, 0.1) is 0 Å². The highest BCUT2D eigenvalue weighted by Crippen LogP contribution is 2.27. The quantitative estimate of drug-likeness (QED) is 0.451. The molecule has 0 fully saturated rings. The van der Waals surface area contributed by atoms with Crippen molar-refractivity contribution in [1.29, 1.82) is 0 Å². The number of sulfonamides is 1. The molecule has 0 unspecified atom stereocenters. The van der Waals surface area contributed by atoms with Crippen LogP contribution in [0.15, 0.2) is 71.6 Å². The van der Waals surface area contributed by atoms with Crippen molar-refractivity contribution in [3.63, 3.8) is 0 Å². The molecule has 3 N–H and O–H groups in total. The molecule has 166 valence electrons. The number of ether oxygens (including phenoxy) is 1. The maximum absolute atomic E-state index is 12.8. The van der Waals surface area contributed by atoms with Crippen LogP contribution in [0.5, 0.6) is 5.75 Å². The number of carbonyl (C=O) groups excluding carboxylic acids is 2. The normalized spacial score (nSPS) is 10.8. The van der Waals surface area contributed by atoms with Crippen LogP contribution in [0.2, 0.25) is 10.0 Å². The zero-order valence-electron chi connectivity index (χ0n) is 16.6. The number of hydrazine groups is 1. The number of carbonyl (C=O) groups is 2. The van der Waals surface area contributed by atoms with Crippen molar-refractivity contribution in [2.24, 2.45) is 0 Å². The van der Waals surface area contributed by atoms with Crippen molar-refractivity contribution < 1.29 is 22.7 Å². The Morgan fingerprint density at radius 2 is 1.56 bits per heavy atom. The van der Waals surface area contributed by atoms with Gasteiger partial charge in [0.1, 0.15) is 5.75 Å². The third-order valence-electron chi connectivity index (χ3n) is 4.24. The highest BCUT2D eigenvalue weighted by Gasteiger charge is 2.19. The number of anilines is 1. The van der Waals surface area contributed by atoms with Crippen LogP contribution >= 0.6 is 23.2 Å². The van der Waals surface area contributed by atoms with E-state index in [1.807, 2.05) is 0 Å². The first-order valence-corrected chi connectivity index (χ1v) is 11.3. The first kappa shape index (κ1) is 23.4. The maximum atomic E-state index is 12.8. The van der Waals surface area contributed by atoms with Crippen molar-refractivity contribution in [3.05, 3.63) is 87.9 Å². The predicted octanol–water partition coefficient (Wildman–Crippen LogP) is 3.88. The van der Waals surface area contributed by atoms with Gasteiger partial charge in [-0.05, 0) is 42.5 Å². The summed E-state index contributed by atoms with van der Waals surface area (Å²) in [6, 6.07) is 16.3. The van der Waals surface area contributed by atoms with Crippen molar-refractivity contribution in [3.8, 4) is 5.75 Å². The van der Waals surface area contributed by atoms with E-state index in [-0.39, 0.29) is 31.8 Å². The van der Waals surface area contributed by atoms with Gasteiger partial charge in [0.2, 0.25) is 0 Å². The van der Waals surface area contributed by atoms with Crippen molar-refractivity contribution in [2.75, 3.05) is 11.8 Å². The minimum Gasteiger partial charge on any atom is -0.495 e. The lowest BCUT2D eigenvalue weighted by molar-refractivity contribution is 0.0846.